The number of hydrogen-bond acceptors (Lipinski definition) is 6. The number of hydrogen-bond donors (Lipinski definition) is 4. The van der Waals surface area contributed by atoms with E-state index in [-0.39, 0.29) is 24.8 Å². The van der Waals surface area contributed by atoms with Gasteiger partial charge in [0.05, 0.1) is 12.5 Å². The molecule has 10 nitrogen and oxygen atoms in total. The van der Waals surface area contributed by atoms with E-state index in [4.69, 9.17) is 0 Å². The van der Waals surface area contributed by atoms with Crippen molar-refractivity contribution in [3.8, 4) is 0 Å². The molecule has 0 aromatic rings. The predicted molar refractivity (Wildman–Crippen MR) is 116 cm³/mol. The molecule has 3 atom stereocenters. The highest BCUT2D eigenvalue weighted by Gasteiger charge is 2.38. The molecule has 4 N–H and O–H groups in total. The van der Waals surface area contributed by atoms with Gasteiger partial charge in [-0.15, -0.1) is 0 Å². The fraction of sp³-hybridized carbons (Fsp3) is 0.810. The van der Waals surface area contributed by atoms with E-state index in [1.54, 1.807) is 0 Å². The Hall–Kier alpha value is -2.20. The lowest BCUT2D eigenvalue weighted by Crippen LogP contribution is -2.52. The summed E-state index contributed by atoms with van der Waals surface area (Å²) in [6, 6.07) is -1.32. The molecule has 0 saturated carbocycles. The Balaban J connectivity index is 2.79. The Morgan fingerprint density at radius 1 is 1.23 bits per heavy atom. The number of amides is 5. The summed E-state index contributed by atoms with van der Waals surface area (Å²) in [5, 5.41) is 18.2. The molecule has 0 aromatic carbocycles. The normalized spacial score (nSPS) is 17.7. The molecule has 0 aliphatic carbocycles. The Morgan fingerprint density at radius 3 is 2.58 bits per heavy atom. The minimum Gasteiger partial charge on any atom is -0.337 e. The van der Waals surface area contributed by atoms with E-state index in [2.05, 4.69) is 29.8 Å². The average molecular weight is 442 g/mol. The van der Waals surface area contributed by atoms with E-state index in [0.717, 1.165) is 25.8 Å². The molecule has 10 heteroatoms. The summed E-state index contributed by atoms with van der Waals surface area (Å²) in [6.07, 6.45) is 4.76. The van der Waals surface area contributed by atoms with Crippen LogP contribution in [-0.4, -0.2) is 78.2 Å². The number of rotatable bonds is 14. The van der Waals surface area contributed by atoms with Crippen molar-refractivity contribution in [2.45, 2.75) is 65.3 Å². The van der Waals surface area contributed by atoms with Gasteiger partial charge in [-0.3, -0.25) is 24.9 Å². The number of likely N-dealkylation sites (tertiary alicyclic amines) is 1. The number of hydroxylamine groups is 2. The van der Waals surface area contributed by atoms with E-state index in [1.165, 1.54) is 4.90 Å². The van der Waals surface area contributed by atoms with Crippen LogP contribution in [0.5, 0.6) is 0 Å². The lowest BCUT2D eigenvalue weighted by molar-refractivity contribution is -0.158. The maximum atomic E-state index is 13.3. The van der Waals surface area contributed by atoms with Crippen molar-refractivity contribution in [2.75, 3.05) is 32.7 Å². The molecule has 0 aromatic heterocycles. The van der Waals surface area contributed by atoms with Gasteiger partial charge in [0.1, 0.15) is 6.04 Å². The summed E-state index contributed by atoms with van der Waals surface area (Å²) in [7, 11) is 0. The third-order valence-electron chi connectivity index (χ3n) is 5.68. The fourth-order valence-corrected chi connectivity index (χ4v) is 4.04. The maximum absolute atomic E-state index is 13.3. The van der Waals surface area contributed by atoms with Crippen molar-refractivity contribution < 1.29 is 24.4 Å². The summed E-state index contributed by atoms with van der Waals surface area (Å²) in [5.74, 6) is -1.09. The van der Waals surface area contributed by atoms with Gasteiger partial charge >= 0.3 is 6.03 Å². The Bertz CT molecular complexity index is 589. The van der Waals surface area contributed by atoms with Crippen LogP contribution in [0.4, 0.5) is 4.79 Å². The number of urea groups is 1. The average Bonchev–Trinajstić information content (AvgIpc) is 3.25. The molecule has 1 heterocycles. The molecule has 1 saturated heterocycles. The van der Waals surface area contributed by atoms with E-state index >= 15 is 0 Å². The zero-order valence-corrected chi connectivity index (χ0v) is 19.1. The quantitative estimate of drug-likeness (QED) is 0.138. The monoisotopic (exact) mass is 441 g/mol. The molecule has 0 spiro atoms. The van der Waals surface area contributed by atoms with Gasteiger partial charge in [-0.2, -0.15) is 0 Å². The molecule has 5 amide bonds. The molecule has 1 fully saturated rings. The van der Waals surface area contributed by atoms with Gasteiger partial charge in [-0.25, -0.2) is 9.86 Å². The van der Waals surface area contributed by atoms with Crippen molar-refractivity contribution in [2.24, 2.45) is 11.8 Å². The SMILES string of the molecule is CCCC(CC)CC(CN(O)C=O)C(=O)N1CCCC1C(=O)NC(=O)NCCNCC. The number of nitrogens with one attached hydrogen (secondary N) is 3. The highest BCUT2D eigenvalue weighted by molar-refractivity contribution is 5.99. The predicted octanol–water partition coefficient (Wildman–Crippen LogP) is 1.09. The molecule has 1 rings (SSSR count). The summed E-state index contributed by atoms with van der Waals surface area (Å²) in [6.45, 7) is 8.15. The van der Waals surface area contributed by atoms with E-state index in [9.17, 15) is 24.4 Å². The minimum atomic E-state index is -0.732. The number of likely N-dealkylation sites (N-methyl/N-ethyl adjacent to an activating group) is 1. The number of imide groups is 1. The first-order valence-electron chi connectivity index (χ1n) is 11.4. The standard InChI is InChI=1S/C21H39N5O5/c1-4-8-16(5-2)13-17(14-25(31)15-27)20(29)26-12-7-9-18(26)19(28)24-21(30)23-11-10-22-6-3/h15-18,22,31H,4-14H2,1-3H3,(H2,23,24,28,30). The lowest BCUT2D eigenvalue weighted by Gasteiger charge is -2.30. The first-order chi connectivity index (χ1) is 14.9. The first kappa shape index (κ1) is 26.8. The summed E-state index contributed by atoms with van der Waals surface area (Å²) < 4.78 is 0. The zero-order chi connectivity index (χ0) is 23.2. The second-order valence-corrected chi connectivity index (χ2v) is 8.01. The van der Waals surface area contributed by atoms with Crippen LogP contribution in [0.1, 0.15) is 59.3 Å². The Morgan fingerprint density at radius 2 is 1.97 bits per heavy atom. The Labute approximate surface area is 185 Å². The molecule has 178 valence electrons. The van der Waals surface area contributed by atoms with Gasteiger partial charge in [0, 0.05) is 19.6 Å². The fourth-order valence-electron chi connectivity index (χ4n) is 4.04. The van der Waals surface area contributed by atoms with Gasteiger partial charge in [0.25, 0.3) is 5.91 Å². The van der Waals surface area contributed by atoms with Crippen molar-refractivity contribution in [1.29, 1.82) is 0 Å². The molecule has 1 aliphatic heterocycles. The zero-order valence-electron chi connectivity index (χ0n) is 19.1. The van der Waals surface area contributed by atoms with Crippen LogP contribution in [0.25, 0.3) is 0 Å². The molecule has 0 radical (unpaired) electrons. The van der Waals surface area contributed by atoms with Gasteiger partial charge in [-0.1, -0.05) is 40.0 Å². The highest BCUT2D eigenvalue weighted by atomic mass is 16.5. The van der Waals surface area contributed by atoms with Crippen LogP contribution >= 0.6 is 0 Å². The van der Waals surface area contributed by atoms with Crippen molar-refractivity contribution in [1.82, 2.24) is 25.9 Å². The Kier molecular flexibility index (Phi) is 12.8. The number of nitrogens with zero attached hydrogens (tertiary/aromatic N) is 2. The lowest BCUT2D eigenvalue weighted by atomic mass is 9.88. The van der Waals surface area contributed by atoms with Crippen LogP contribution in [0.3, 0.4) is 0 Å². The molecule has 31 heavy (non-hydrogen) atoms. The molecule has 3 unspecified atom stereocenters. The highest BCUT2D eigenvalue weighted by Crippen LogP contribution is 2.26. The van der Waals surface area contributed by atoms with Crippen LogP contribution in [0, 0.1) is 11.8 Å². The third-order valence-corrected chi connectivity index (χ3v) is 5.68. The molecular formula is C21H39N5O5. The van der Waals surface area contributed by atoms with Crippen LogP contribution in [-0.2, 0) is 14.4 Å². The largest absolute Gasteiger partial charge is 0.337 e. The maximum Gasteiger partial charge on any atom is 0.321 e. The minimum absolute atomic E-state index is 0.113. The number of carbonyl (C=O) groups is 4. The smallest absolute Gasteiger partial charge is 0.321 e. The van der Waals surface area contributed by atoms with Gasteiger partial charge in [0.2, 0.25) is 12.3 Å². The third kappa shape index (κ3) is 9.22. The summed E-state index contributed by atoms with van der Waals surface area (Å²) in [5.41, 5.74) is 0. The van der Waals surface area contributed by atoms with Crippen LogP contribution < -0.4 is 16.0 Å². The van der Waals surface area contributed by atoms with Crippen molar-refractivity contribution in [3.63, 3.8) is 0 Å². The van der Waals surface area contributed by atoms with Crippen molar-refractivity contribution in [3.05, 3.63) is 0 Å². The van der Waals surface area contributed by atoms with Gasteiger partial charge in [0.15, 0.2) is 0 Å². The molecule has 1 aliphatic rings. The van der Waals surface area contributed by atoms with Crippen LogP contribution in [0.2, 0.25) is 0 Å². The summed E-state index contributed by atoms with van der Waals surface area (Å²) in [4.78, 5) is 50.3. The van der Waals surface area contributed by atoms with Crippen LogP contribution in [0.15, 0.2) is 0 Å². The topological polar surface area (TPSA) is 131 Å². The number of carbonyl (C=O) groups excluding carboxylic acids is 4. The van der Waals surface area contributed by atoms with E-state index < -0.39 is 23.9 Å². The van der Waals surface area contributed by atoms with Crippen molar-refractivity contribution >= 4 is 24.3 Å². The van der Waals surface area contributed by atoms with Gasteiger partial charge in [-0.05, 0) is 31.7 Å². The second-order valence-electron chi connectivity index (χ2n) is 8.01. The first-order valence-corrected chi connectivity index (χ1v) is 11.4. The second kappa shape index (κ2) is 14.7. The van der Waals surface area contributed by atoms with E-state index in [0.29, 0.717) is 44.0 Å². The van der Waals surface area contributed by atoms with Gasteiger partial charge < -0.3 is 15.5 Å². The van der Waals surface area contributed by atoms with E-state index in [1.807, 2.05) is 6.92 Å². The summed E-state index contributed by atoms with van der Waals surface area (Å²) >= 11 is 0. The molecular weight excluding hydrogens is 402 g/mol. The molecule has 0 bridgehead atoms.